The van der Waals surface area contributed by atoms with E-state index >= 15 is 0 Å². The van der Waals surface area contributed by atoms with Gasteiger partial charge in [-0.2, -0.15) is 5.10 Å². The molecule has 1 aliphatic heterocycles. The van der Waals surface area contributed by atoms with E-state index in [1.165, 1.54) is 10.4 Å². The maximum atomic E-state index is 6.06. The molecule has 126 valence electrons. The van der Waals surface area contributed by atoms with E-state index in [1.807, 2.05) is 36.4 Å². The third-order valence-corrected chi connectivity index (χ3v) is 5.48. The molecule has 4 rings (SSSR count). The molecule has 1 unspecified atom stereocenters. The van der Waals surface area contributed by atoms with Gasteiger partial charge < -0.3 is 4.74 Å². The number of benzene rings is 2. The second kappa shape index (κ2) is 6.90. The molecule has 25 heavy (non-hydrogen) atoms. The minimum atomic E-state index is 0.155. The molecule has 5 heteroatoms. The largest absolute Gasteiger partial charge is 0.497 e. The van der Waals surface area contributed by atoms with Crippen LogP contribution in [0.2, 0.25) is 5.02 Å². The maximum Gasteiger partial charge on any atom is 0.119 e. The fraction of sp³-hybridized carbons (Fsp3) is 0.150. The first-order valence-electron chi connectivity index (χ1n) is 8.05. The van der Waals surface area contributed by atoms with Gasteiger partial charge in [-0.05, 0) is 53.4 Å². The lowest BCUT2D eigenvalue weighted by atomic mass is 10.0. The number of hydrogen-bond donors (Lipinski definition) is 0. The minimum absolute atomic E-state index is 0.155. The third-order valence-electron chi connectivity index (χ3n) is 4.31. The van der Waals surface area contributed by atoms with Crippen molar-refractivity contribution in [3.63, 3.8) is 0 Å². The zero-order chi connectivity index (χ0) is 17.2. The number of hydrogen-bond acceptors (Lipinski definition) is 4. The normalized spacial score (nSPS) is 16.8. The molecule has 0 amide bonds. The van der Waals surface area contributed by atoms with Gasteiger partial charge in [0.1, 0.15) is 5.75 Å². The van der Waals surface area contributed by atoms with Crippen LogP contribution in [-0.4, -0.2) is 12.8 Å². The van der Waals surface area contributed by atoms with Gasteiger partial charge in [0, 0.05) is 11.4 Å². The van der Waals surface area contributed by atoms with Crippen LogP contribution in [0.5, 0.6) is 5.75 Å². The zero-order valence-electron chi connectivity index (χ0n) is 13.7. The van der Waals surface area contributed by atoms with Gasteiger partial charge in [-0.3, -0.25) is 5.01 Å². The summed E-state index contributed by atoms with van der Waals surface area (Å²) in [6.45, 7) is 0. The second-order valence-electron chi connectivity index (χ2n) is 5.84. The van der Waals surface area contributed by atoms with Crippen LogP contribution in [0.15, 0.2) is 71.1 Å². The van der Waals surface area contributed by atoms with Crippen molar-refractivity contribution in [2.24, 2.45) is 5.10 Å². The van der Waals surface area contributed by atoms with Gasteiger partial charge in [-0.1, -0.05) is 29.8 Å². The second-order valence-corrected chi connectivity index (χ2v) is 7.22. The summed E-state index contributed by atoms with van der Waals surface area (Å²) in [5.74, 6) is 0.841. The lowest BCUT2D eigenvalue weighted by Crippen LogP contribution is -2.18. The molecule has 0 saturated heterocycles. The van der Waals surface area contributed by atoms with Gasteiger partial charge in [0.15, 0.2) is 0 Å². The van der Waals surface area contributed by atoms with Crippen LogP contribution < -0.4 is 9.75 Å². The van der Waals surface area contributed by atoms with Gasteiger partial charge in [0.05, 0.1) is 29.4 Å². The summed E-state index contributed by atoms with van der Waals surface area (Å²) in [6, 6.07) is 20.4. The first-order valence-corrected chi connectivity index (χ1v) is 9.30. The smallest absolute Gasteiger partial charge is 0.119 e. The molecule has 1 aliphatic rings. The quantitative estimate of drug-likeness (QED) is 0.584. The maximum absolute atomic E-state index is 6.06. The van der Waals surface area contributed by atoms with E-state index in [0.29, 0.717) is 0 Å². The van der Waals surface area contributed by atoms with Gasteiger partial charge in [-0.15, -0.1) is 11.3 Å². The van der Waals surface area contributed by atoms with E-state index in [4.69, 9.17) is 21.4 Å². The zero-order valence-corrected chi connectivity index (χ0v) is 15.3. The van der Waals surface area contributed by atoms with Crippen molar-refractivity contribution in [2.45, 2.75) is 12.5 Å². The molecular weight excluding hydrogens is 352 g/mol. The molecule has 2 aromatic carbocycles. The summed E-state index contributed by atoms with van der Waals surface area (Å²) in [6.07, 6.45) is 0.869. The van der Waals surface area contributed by atoms with Crippen LogP contribution in [0.25, 0.3) is 0 Å². The predicted octanol–water partition coefficient (Wildman–Crippen LogP) is 5.77. The molecule has 0 saturated carbocycles. The average Bonchev–Trinajstić information content (AvgIpc) is 3.32. The number of hydrazone groups is 1. The Labute approximate surface area is 156 Å². The van der Waals surface area contributed by atoms with Gasteiger partial charge in [0.25, 0.3) is 0 Å². The Bertz CT molecular complexity index is 873. The number of thiophene rings is 1. The SMILES string of the molecule is COc1ccc(N2N=C(c3cccs3)CC2c2ccc(Cl)cc2)cc1. The van der Waals surface area contributed by atoms with E-state index in [9.17, 15) is 0 Å². The van der Waals surface area contributed by atoms with E-state index in [2.05, 4.69) is 34.7 Å². The number of ether oxygens (including phenoxy) is 1. The Morgan fingerprint density at radius 3 is 2.48 bits per heavy atom. The number of halogens is 1. The van der Waals surface area contributed by atoms with E-state index in [0.717, 1.165) is 28.6 Å². The Kier molecular flexibility index (Phi) is 4.47. The summed E-state index contributed by atoms with van der Waals surface area (Å²) in [4.78, 5) is 1.22. The highest BCUT2D eigenvalue weighted by molar-refractivity contribution is 7.12. The topological polar surface area (TPSA) is 24.8 Å². The van der Waals surface area contributed by atoms with Gasteiger partial charge >= 0.3 is 0 Å². The summed E-state index contributed by atoms with van der Waals surface area (Å²) in [5.41, 5.74) is 3.37. The molecule has 3 nitrogen and oxygen atoms in total. The Morgan fingerprint density at radius 2 is 1.84 bits per heavy atom. The average molecular weight is 369 g/mol. The summed E-state index contributed by atoms with van der Waals surface area (Å²) in [7, 11) is 1.68. The summed E-state index contributed by atoms with van der Waals surface area (Å²) >= 11 is 7.79. The molecular formula is C20H17ClN2OS. The number of rotatable bonds is 4. The number of anilines is 1. The lowest BCUT2D eigenvalue weighted by Gasteiger charge is -2.24. The summed E-state index contributed by atoms with van der Waals surface area (Å²) < 4.78 is 5.27. The molecule has 0 spiro atoms. The highest BCUT2D eigenvalue weighted by Gasteiger charge is 2.30. The van der Waals surface area contributed by atoms with Crippen LogP contribution in [0.1, 0.15) is 22.9 Å². The highest BCUT2D eigenvalue weighted by Crippen LogP contribution is 2.38. The monoisotopic (exact) mass is 368 g/mol. The molecule has 0 fully saturated rings. The molecule has 0 aliphatic carbocycles. The molecule has 0 N–H and O–H groups in total. The predicted molar refractivity (Wildman–Crippen MR) is 105 cm³/mol. The lowest BCUT2D eigenvalue weighted by molar-refractivity contribution is 0.415. The fourth-order valence-electron chi connectivity index (χ4n) is 3.02. The number of nitrogens with zero attached hydrogens (tertiary/aromatic N) is 2. The van der Waals surface area contributed by atoms with E-state index in [1.54, 1.807) is 18.4 Å². The first-order chi connectivity index (χ1) is 12.2. The highest BCUT2D eigenvalue weighted by atomic mass is 35.5. The van der Waals surface area contributed by atoms with Crippen LogP contribution in [-0.2, 0) is 0 Å². The van der Waals surface area contributed by atoms with Crippen molar-refractivity contribution in [1.82, 2.24) is 0 Å². The van der Waals surface area contributed by atoms with Crippen LogP contribution >= 0.6 is 22.9 Å². The third kappa shape index (κ3) is 3.28. The van der Waals surface area contributed by atoms with Crippen molar-refractivity contribution in [3.8, 4) is 5.75 Å². The van der Waals surface area contributed by atoms with Crippen molar-refractivity contribution in [3.05, 3.63) is 81.5 Å². The molecule has 0 radical (unpaired) electrons. The standard InChI is InChI=1S/C20H17ClN2OS/c1-24-17-10-8-16(9-11-17)23-19(14-4-6-15(21)7-5-14)13-18(22-23)20-3-2-12-25-20/h2-12,19H,13H2,1H3. The van der Waals surface area contributed by atoms with E-state index in [-0.39, 0.29) is 6.04 Å². The van der Waals surface area contributed by atoms with E-state index < -0.39 is 0 Å². The molecule has 0 bridgehead atoms. The van der Waals surface area contributed by atoms with Crippen LogP contribution in [0, 0.1) is 0 Å². The fourth-order valence-corrected chi connectivity index (χ4v) is 3.87. The van der Waals surface area contributed by atoms with Crippen molar-refractivity contribution >= 4 is 34.3 Å². The van der Waals surface area contributed by atoms with Crippen LogP contribution in [0.3, 0.4) is 0 Å². The number of methoxy groups -OCH3 is 1. The molecule has 1 aromatic heterocycles. The van der Waals surface area contributed by atoms with Crippen molar-refractivity contribution in [1.29, 1.82) is 0 Å². The van der Waals surface area contributed by atoms with Gasteiger partial charge in [0.2, 0.25) is 0 Å². The van der Waals surface area contributed by atoms with Crippen LogP contribution in [0.4, 0.5) is 5.69 Å². The minimum Gasteiger partial charge on any atom is -0.497 e. The summed E-state index contributed by atoms with van der Waals surface area (Å²) in [5, 5.41) is 9.85. The Hall–Kier alpha value is -2.30. The Balaban J connectivity index is 1.72. The van der Waals surface area contributed by atoms with Crippen molar-refractivity contribution in [2.75, 3.05) is 12.1 Å². The molecule has 1 atom stereocenters. The van der Waals surface area contributed by atoms with Gasteiger partial charge in [-0.25, -0.2) is 0 Å². The molecule has 2 heterocycles. The molecule has 3 aromatic rings. The first kappa shape index (κ1) is 16.2. The van der Waals surface area contributed by atoms with Crippen molar-refractivity contribution < 1.29 is 4.74 Å². The Morgan fingerprint density at radius 1 is 1.08 bits per heavy atom.